The van der Waals surface area contributed by atoms with Gasteiger partial charge < -0.3 is 4.74 Å². The van der Waals surface area contributed by atoms with Crippen molar-refractivity contribution in [2.45, 2.75) is 57.7 Å². The lowest BCUT2D eigenvalue weighted by Crippen LogP contribution is -2.24. The maximum absolute atomic E-state index is 13.9. The average Bonchev–Trinajstić information content (AvgIpc) is 2.63. The van der Waals surface area contributed by atoms with Crippen LogP contribution in [-0.2, 0) is 0 Å². The van der Waals surface area contributed by atoms with Crippen molar-refractivity contribution in [3.8, 4) is 5.75 Å². The molecule has 5 heteroatoms. The molecule has 1 aromatic rings. The maximum atomic E-state index is 13.9. The number of alkyl halides is 3. The number of halogens is 4. The van der Waals surface area contributed by atoms with Crippen LogP contribution in [0, 0.1) is 29.5 Å². The summed E-state index contributed by atoms with van der Waals surface area (Å²) in [5.41, 5.74) is 0.691. The minimum absolute atomic E-state index is 0.627. The summed E-state index contributed by atoms with van der Waals surface area (Å²) in [6.07, 6.45) is 5.76. The monoisotopic (exact) mass is 368 g/mol. The molecule has 2 aliphatic rings. The second-order valence-electron chi connectivity index (χ2n) is 7.30. The Labute approximate surface area is 152 Å². The van der Waals surface area contributed by atoms with Crippen LogP contribution in [0.5, 0.6) is 5.75 Å². The third-order valence-electron chi connectivity index (χ3n) is 5.74. The normalized spacial score (nSPS) is 21.7. The molecule has 0 aromatic heterocycles. The van der Waals surface area contributed by atoms with Crippen LogP contribution < -0.4 is 4.74 Å². The highest BCUT2D eigenvalue weighted by molar-refractivity contribution is 5.37. The molecule has 0 atom stereocenters. The molecule has 0 N–H and O–H groups in total. The number of ether oxygens (including phenoxy) is 1. The van der Waals surface area contributed by atoms with Crippen molar-refractivity contribution < 1.29 is 22.3 Å². The van der Waals surface area contributed by atoms with Gasteiger partial charge in [0.15, 0.2) is 11.6 Å². The van der Waals surface area contributed by atoms with Crippen molar-refractivity contribution in [1.82, 2.24) is 0 Å². The highest BCUT2D eigenvalue weighted by Gasteiger charge is 2.34. The first kappa shape index (κ1) is 19.2. The smallest absolute Gasteiger partial charge is 0.403 e. The fourth-order valence-electron chi connectivity index (χ4n) is 4.25. The van der Waals surface area contributed by atoms with Gasteiger partial charge >= 0.3 is 6.36 Å². The van der Waals surface area contributed by atoms with E-state index in [4.69, 9.17) is 0 Å². The lowest BCUT2D eigenvalue weighted by Gasteiger charge is -2.37. The van der Waals surface area contributed by atoms with Crippen LogP contribution in [-0.4, -0.2) is 6.36 Å². The summed E-state index contributed by atoms with van der Waals surface area (Å²) in [6.45, 7) is 3.88. The van der Waals surface area contributed by atoms with E-state index in [1.807, 2.05) is 0 Å². The van der Waals surface area contributed by atoms with Gasteiger partial charge in [0.2, 0.25) is 0 Å². The lowest BCUT2D eigenvalue weighted by atomic mass is 9.68. The number of rotatable bonds is 4. The van der Waals surface area contributed by atoms with E-state index in [-0.39, 0.29) is 0 Å². The summed E-state index contributed by atoms with van der Waals surface area (Å²) in [6, 6.07) is 3.77. The van der Waals surface area contributed by atoms with Gasteiger partial charge in [0.05, 0.1) is 0 Å². The topological polar surface area (TPSA) is 9.23 Å². The van der Waals surface area contributed by atoms with Crippen molar-refractivity contribution in [2.75, 3.05) is 0 Å². The summed E-state index contributed by atoms with van der Waals surface area (Å²) in [4.78, 5) is 0. The SMILES string of the molecule is C=CC1CC[C](C2CC[C](c3ccc(OC(F)(F)F)c(F)c3)CC2)CC1. The molecule has 2 aliphatic carbocycles. The number of benzene rings is 1. The molecule has 2 saturated carbocycles. The van der Waals surface area contributed by atoms with E-state index in [1.165, 1.54) is 37.8 Å². The zero-order valence-corrected chi connectivity index (χ0v) is 14.7. The van der Waals surface area contributed by atoms with Crippen molar-refractivity contribution in [3.05, 3.63) is 54.1 Å². The molecule has 2 radical (unpaired) electrons. The van der Waals surface area contributed by atoms with Crippen LogP contribution in [0.4, 0.5) is 17.6 Å². The Bertz CT molecular complexity index is 609. The van der Waals surface area contributed by atoms with Crippen molar-refractivity contribution in [2.24, 2.45) is 11.8 Å². The van der Waals surface area contributed by atoms with Gasteiger partial charge in [0.1, 0.15) is 0 Å². The van der Waals surface area contributed by atoms with Crippen molar-refractivity contribution >= 4 is 0 Å². The highest BCUT2D eigenvalue weighted by atomic mass is 19.4. The third kappa shape index (κ3) is 4.80. The van der Waals surface area contributed by atoms with E-state index >= 15 is 0 Å². The van der Waals surface area contributed by atoms with Crippen LogP contribution in [0.3, 0.4) is 0 Å². The molecule has 26 heavy (non-hydrogen) atoms. The summed E-state index contributed by atoms with van der Waals surface area (Å²) in [5.74, 6) is 2.31. The van der Waals surface area contributed by atoms with Crippen LogP contribution in [0.25, 0.3) is 0 Å². The summed E-state index contributed by atoms with van der Waals surface area (Å²) in [7, 11) is 0. The minimum Gasteiger partial charge on any atom is -0.403 e. The fourth-order valence-corrected chi connectivity index (χ4v) is 4.25. The first-order valence-electron chi connectivity index (χ1n) is 9.23. The lowest BCUT2D eigenvalue weighted by molar-refractivity contribution is -0.275. The van der Waals surface area contributed by atoms with Crippen LogP contribution in [0.2, 0.25) is 0 Å². The quantitative estimate of drug-likeness (QED) is 0.420. The maximum Gasteiger partial charge on any atom is 0.573 e. The molecule has 0 spiro atoms. The summed E-state index contributed by atoms with van der Waals surface area (Å²) >= 11 is 0. The van der Waals surface area contributed by atoms with E-state index < -0.39 is 17.9 Å². The third-order valence-corrected chi connectivity index (χ3v) is 5.74. The first-order valence-corrected chi connectivity index (χ1v) is 9.23. The van der Waals surface area contributed by atoms with Gasteiger partial charge in [0.25, 0.3) is 0 Å². The molecule has 0 bridgehead atoms. The largest absolute Gasteiger partial charge is 0.573 e. The van der Waals surface area contributed by atoms with Gasteiger partial charge in [-0.15, -0.1) is 19.8 Å². The zero-order valence-electron chi connectivity index (χ0n) is 14.7. The van der Waals surface area contributed by atoms with E-state index in [2.05, 4.69) is 17.4 Å². The second kappa shape index (κ2) is 8.01. The van der Waals surface area contributed by atoms with E-state index in [1.54, 1.807) is 5.92 Å². The standard InChI is InChI=1S/C21H24F4O/c1-2-14-3-5-15(6-4-14)16-7-9-17(10-8-16)18-11-12-20(19(22)13-18)26-21(23,24)25/h2,11-14,16H,1,3-10H2. The van der Waals surface area contributed by atoms with E-state index in [0.717, 1.165) is 37.7 Å². The van der Waals surface area contributed by atoms with E-state index in [0.29, 0.717) is 17.4 Å². The zero-order chi connectivity index (χ0) is 18.7. The Morgan fingerprint density at radius 2 is 1.65 bits per heavy atom. The first-order chi connectivity index (χ1) is 12.4. The molecule has 2 fully saturated rings. The van der Waals surface area contributed by atoms with Gasteiger partial charge in [-0.2, -0.15) is 0 Å². The summed E-state index contributed by atoms with van der Waals surface area (Å²) in [5, 5.41) is 0. The van der Waals surface area contributed by atoms with Crippen LogP contribution >= 0.6 is 0 Å². The molecule has 1 nitrogen and oxygen atoms in total. The molecular weight excluding hydrogens is 344 g/mol. The van der Waals surface area contributed by atoms with Crippen molar-refractivity contribution in [3.63, 3.8) is 0 Å². The second-order valence-corrected chi connectivity index (χ2v) is 7.30. The predicted molar refractivity (Wildman–Crippen MR) is 92.8 cm³/mol. The van der Waals surface area contributed by atoms with Crippen LogP contribution in [0.1, 0.15) is 56.9 Å². The Morgan fingerprint density at radius 1 is 1.00 bits per heavy atom. The number of hydrogen-bond donors (Lipinski definition) is 0. The molecule has 3 rings (SSSR count). The highest BCUT2D eigenvalue weighted by Crippen LogP contribution is 2.45. The molecule has 142 valence electrons. The minimum atomic E-state index is -4.88. The predicted octanol–water partition coefficient (Wildman–Crippen LogP) is 6.79. The fraction of sp³-hybridized carbons (Fsp3) is 0.524. The Hall–Kier alpha value is -1.52. The average molecular weight is 368 g/mol. The van der Waals surface area contributed by atoms with Gasteiger partial charge in [-0.05, 0) is 86.8 Å². The van der Waals surface area contributed by atoms with Gasteiger partial charge in [-0.25, -0.2) is 4.39 Å². The van der Waals surface area contributed by atoms with Crippen molar-refractivity contribution in [1.29, 1.82) is 0 Å². The van der Waals surface area contributed by atoms with Crippen LogP contribution in [0.15, 0.2) is 30.9 Å². The Morgan fingerprint density at radius 3 is 2.19 bits per heavy atom. The molecular formula is C21H24F4O. The summed E-state index contributed by atoms with van der Waals surface area (Å²) < 4.78 is 54.3. The molecule has 0 saturated heterocycles. The molecule has 0 aliphatic heterocycles. The van der Waals surface area contributed by atoms with Gasteiger partial charge in [0, 0.05) is 5.92 Å². The Balaban J connectivity index is 1.55. The molecule has 0 heterocycles. The molecule has 1 aromatic carbocycles. The molecule has 0 amide bonds. The van der Waals surface area contributed by atoms with Gasteiger partial charge in [-0.3, -0.25) is 0 Å². The van der Waals surface area contributed by atoms with Gasteiger partial charge in [-0.1, -0.05) is 12.1 Å². The van der Waals surface area contributed by atoms with E-state index in [9.17, 15) is 17.6 Å². The number of allylic oxidation sites excluding steroid dienone is 1. The number of hydrogen-bond acceptors (Lipinski definition) is 1. The molecule has 0 unspecified atom stereocenters. The Kier molecular flexibility index (Phi) is 5.93.